The molecule has 4 aromatic carbocycles. The summed E-state index contributed by atoms with van der Waals surface area (Å²) in [7, 11) is 10.9. The van der Waals surface area contributed by atoms with Crippen LogP contribution < -0.4 is 30.2 Å². The summed E-state index contributed by atoms with van der Waals surface area (Å²) in [6, 6.07) is 23.6. The molecule has 123 heavy (non-hydrogen) atoms. The molecule has 6 aromatic rings. The van der Waals surface area contributed by atoms with Gasteiger partial charge in [-0.3, -0.25) is 9.59 Å². The van der Waals surface area contributed by atoms with Crippen molar-refractivity contribution in [1.82, 2.24) is 0 Å². The van der Waals surface area contributed by atoms with E-state index in [1.54, 1.807) is 97.9 Å². The maximum atomic E-state index is 12.9. The summed E-state index contributed by atoms with van der Waals surface area (Å²) in [6.07, 6.45) is 16.3. The zero-order chi connectivity index (χ0) is 91.7. The Morgan fingerprint density at radius 2 is 0.902 bits per heavy atom. The molecular formula is C97H137ClO25. The molecule has 0 amide bonds. The van der Waals surface area contributed by atoms with Gasteiger partial charge in [-0.05, 0) is 245 Å². The van der Waals surface area contributed by atoms with Gasteiger partial charge in [0.15, 0.2) is 17.5 Å². The van der Waals surface area contributed by atoms with Crippen molar-refractivity contribution in [3.63, 3.8) is 0 Å². The van der Waals surface area contributed by atoms with Crippen molar-refractivity contribution >= 4 is 74.9 Å². The van der Waals surface area contributed by atoms with Crippen LogP contribution in [-0.2, 0) is 76.1 Å². The number of esters is 3. The fourth-order valence-corrected chi connectivity index (χ4v) is 16.8. The SMILES string of the molecule is CC(=O)C12CCC(C)(C(=O)O1)C2(C)C.CC(=O)CC(C)C.CC(=O)CC(C)C.CC1CCCCO1.CC1CCCCO1.CC1CCCCO1.COC(=O)/C=C/c1ccc2c(c1OC)C(OC)C(OC)C(C)(C)O2.COC1C(OC(=O)c2cccc(Cl)c2)c2c(ccc3ccc(=O)oc23)OC1(C)C.COC1c2c(ccc3ccc(=O)oc23)OC(C)(C)C1OC. The van der Waals surface area contributed by atoms with Crippen molar-refractivity contribution in [2.75, 3.05) is 69.6 Å². The third-order valence-corrected chi connectivity index (χ3v) is 23.5. The first-order chi connectivity index (χ1) is 57.9. The fourth-order valence-electron chi connectivity index (χ4n) is 16.6. The minimum absolute atomic E-state index is 0.0166. The van der Waals surface area contributed by atoms with Gasteiger partial charge in [0.25, 0.3) is 0 Å². The Morgan fingerprint density at radius 3 is 1.22 bits per heavy atom. The second kappa shape index (κ2) is 46.7. The Kier molecular flexibility index (Phi) is 39.3. The molecule has 0 spiro atoms. The molecule has 2 aromatic heterocycles. The molecule has 8 aliphatic rings. The average molecular weight is 1740 g/mol. The van der Waals surface area contributed by atoms with E-state index in [0.717, 1.165) is 61.2 Å². The van der Waals surface area contributed by atoms with E-state index >= 15 is 0 Å². The maximum Gasteiger partial charge on any atom is 0.338 e. The lowest BCUT2D eigenvalue weighted by molar-refractivity contribution is -0.166. The molecule has 0 radical (unpaired) electrons. The van der Waals surface area contributed by atoms with E-state index in [9.17, 15) is 38.4 Å². The van der Waals surface area contributed by atoms with Crippen molar-refractivity contribution in [1.29, 1.82) is 0 Å². The van der Waals surface area contributed by atoms with Crippen LogP contribution in [0.2, 0.25) is 5.02 Å². The van der Waals surface area contributed by atoms with Gasteiger partial charge < -0.3 is 89.5 Å². The number of carbonyl (C=O) groups is 6. The molecule has 25 nitrogen and oxygen atoms in total. The Hall–Kier alpha value is -8.37. The average Bonchev–Trinajstić information content (AvgIpc) is 1.52. The largest absolute Gasteiger partial charge is 0.496 e. The lowest BCUT2D eigenvalue weighted by Crippen LogP contribution is -2.51. The molecule has 5 fully saturated rings. The van der Waals surface area contributed by atoms with Crippen LogP contribution in [-0.4, -0.2) is 164 Å². The molecule has 0 N–H and O–H groups in total. The molecule has 1 saturated carbocycles. The second-order valence-corrected chi connectivity index (χ2v) is 35.8. The number of fused-ring (bicyclic) bond motifs is 9. The van der Waals surface area contributed by atoms with Crippen LogP contribution in [0.5, 0.6) is 23.0 Å². The lowest BCUT2D eigenvalue weighted by Gasteiger charge is -2.43. The molecule has 682 valence electrons. The van der Waals surface area contributed by atoms with E-state index < -0.39 is 63.2 Å². The third-order valence-electron chi connectivity index (χ3n) is 23.2. The van der Waals surface area contributed by atoms with Crippen molar-refractivity contribution in [3.05, 3.63) is 145 Å². The zero-order valence-corrected chi connectivity index (χ0v) is 78.2. The molecule has 11 atom stereocenters. The summed E-state index contributed by atoms with van der Waals surface area (Å²) in [4.78, 5) is 91.5. The van der Waals surface area contributed by atoms with Crippen LogP contribution >= 0.6 is 11.6 Å². The van der Waals surface area contributed by atoms with E-state index in [1.165, 1.54) is 103 Å². The Labute approximate surface area is 732 Å². The van der Waals surface area contributed by atoms with Gasteiger partial charge in [-0.1, -0.05) is 59.2 Å². The van der Waals surface area contributed by atoms with Crippen LogP contribution in [0.1, 0.15) is 266 Å². The van der Waals surface area contributed by atoms with Gasteiger partial charge >= 0.3 is 29.2 Å². The number of carbonyl (C=O) groups excluding carboxylic acids is 6. The normalized spacial score (nSPS) is 24.8. The molecule has 4 saturated heterocycles. The first-order valence-electron chi connectivity index (χ1n) is 42.7. The van der Waals surface area contributed by atoms with Crippen molar-refractivity contribution in [3.8, 4) is 23.0 Å². The van der Waals surface area contributed by atoms with E-state index in [0.29, 0.717) is 92.3 Å². The highest BCUT2D eigenvalue weighted by Crippen LogP contribution is 2.66. The Bertz CT molecular complexity index is 4550. The predicted molar refractivity (Wildman–Crippen MR) is 473 cm³/mol. The number of benzene rings is 4. The number of Topliss-reactive ketones (excluding diaryl/α,β-unsaturated/α-hetero) is 3. The van der Waals surface area contributed by atoms with Gasteiger partial charge in [-0.15, -0.1) is 0 Å². The number of ketones is 3. The first kappa shape index (κ1) is 103. The van der Waals surface area contributed by atoms with Crippen molar-refractivity contribution in [2.24, 2.45) is 22.7 Å². The lowest BCUT2D eigenvalue weighted by atomic mass is 9.65. The van der Waals surface area contributed by atoms with Crippen LogP contribution in [0.4, 0.5) is 0 Å². The van der Waals surface area contributed by atoms with Gasteiger partial charge in [0.2, 0.25) is 0 Å². The minimum Gasteiger partial charge on any atom is -0.496 e. The summed E-state index contributed by atoms with van der Waals surface area (Å²) >= 11 is 6.01. The van der Waals surface area contributed by atoms with Crippen LogP contribution in [0.15, 0.2) is 109 Å². The molecule has 1 aliphatic carbocycles. The number of rotatable bonds is 15. The topological polar surface area (TPSA) is 301 Å². The summed E-state index contributed by atoms with van der Waals surface area (Å²) < 4.78 is 94.5. The zero-order valence-electron chi connectivity index (χ0n) is 77.5. The Balaban J connectivity index is 0.000000227. The highest BCUT2D eigenvalue weighted by Gasteiger charge is 2.74. The van der Waals surface area contributed by atoms with Gasteiger partial charge in [0.05, 0.1) is 60.2 Å². The molecule has 14 rings (SSSR count). The van der Waals surface area contributed by atoms with Gasteiger partial charge in [-0.2, -0.15) is 0 Å². The van der Waals surface area contributed by atoms with E-state index in [1.807, 2.05) is 114 Å². The number of ether oxygens (including phenoxy) is 15. The molecule has 9 heterocycles. The minimum atomic E-state index is -0.862. The van der Waals surface area contributed by atoms with E-state index in [4.69, 9.17) is 86.8 Å². The van der Waals surface area contributed by atoms with Gasteiger partial charge in [0.1, 0.15) is 93.1 Å². The summed E-state index contributed by atoms with van der Waals surface area (Å²) in [5, 5.41) is 1.94. The third kappa shape index (κ3) is 27.1. The molecule has 11 unspecified atom stereocenters. The monoisotopic (exact) mass is 1740 g/mol. The molecule has 26 heteroatoms. The standard InChI is InChI=1S/C22H19ClO6.C18H24O6.C16H18O5.C11H16O3.5C6H12O/c1-22(2)20(26-3)19(28-21(25)13-5-4-6-14(23)11-13)17-15(29-22)9-7-12-8-10-16(24)27-18(12)17;1-18(2)17(23-6)16(22-5)14-12(24-18)9-7-11(15(14)21-4)8-10-13(19)20-3;1-16(2)15(19-4)14(18-3)12-10(21-16)7-5-9-6-8-11(17)20-13(9)12;1-7(12)11-6-5-10(4,8(13)14-11)9(11,2)3;3*1-6-4-2-3-5-7-6;2*1-5(2)4-6(3)7/h4-11,19-20H,1-3H3;7-10,16-17H,1-6H3;5-8,14-15H,1-4H3;5-6H2,1-4H3;3*6H,2-5H2,1H3;2*5H,4H2,1-3H3/b;10-8+;;;;;;;. The van der Waals surface area contributed by atoms with E-state index in [2.05, 4.69) is 25.5 Å². The first-order valence-corrected chi connectivity index (χ1v) is 43.1. The maximum absolute atomic E-state index is 12.9. The van der Waals surface area contributed by atoms with Crippen LogP contribution in [0.25, 0.3) is 28.0 Å². The predicted octanol–water partition coefficient (Wildman–Crippen LogP) is 19.6. The van der Waals surface area contributed by atoms with Crippen molar-refractivity contribution in [2.45, 2.75) is 292 Å². The van der Waals surface area contributed by atoms with Gasteiger partial charge in [-0.25, -0.2) is 19.2 Å². The van der Waals surface area contributed by atoms with Crippen LogP contribution in [0, 0.1) is 22.7 Å². The molecular weight excluding hydrogens is 1600 g/mol. The summed E-state index contributed by atoms with van der Waals surface area (Å²) in [5.41, 5.74) is -0.748. The second-order valence-electron chi connectivity index (χ2n) is 35.4. The summed E-state index contributed by atoms with van der Waals surface area (Å²) in [5.74, 6) is 2.77. The fraction of sp³-hybridized carbons (Fsp3) is 0.608. The molecule has 2 bridgehead atoms. The highest BCUT2D eigenvalue weighted by atomic mass is 35.5. The van der Waals surface area contributed by atoms with E-state index in [-0.39, 0.29) is 53.1 Å². The Morgan fingerprint density at radius 1 is 0.496 bits per heavy atom. The number of methoxy groups -OCH3 is 7. The van der Waals surface area contributed by atoms with Gasteiger partial charge in [0, 0.05) is 113 Å². The summed E-state index contributed by atoms with van der Waals surface area (Å²) in [6.45, 7) is 39.6. The molecule has 7 aliphatic heterocycles. The highest BCUT2D eigenvalue weighted by molar-refractivity contribution is 6.30. The van der Waals surface area contributed by atoms with Crippen molar-refractivity contribution < 1.29 is 109 Å². The number of hydrogen-bond acceptors (Lipinski definition) is 25. The quantitative estimate of drug-likeness (QED) is 0.0399. The number of hydrogen-bond donors (Lipinski definition) is 0. The van der Waals surface area contributed by atoms with Crippen LogP contribution in [0.3, 0.4) is 0 Å². The smallest absolute Gasteiger partial charge is 0.338 e. The number of halogens is 1.